The molecular formula is C21H21FN2O4. The van der Waals surface area contributed by atoms with E-state index in [4.69, 9.17) is 9.47 Å². The Kier molecular flexibility index (Phi) is 5.63. The summed E-state index contributed by atoms with van der Waals surface area (Å²) < 4.78 is 24.2. The van der Waals surface area contributed by atoms with Gasteiger partial charge >= 0.3 is 6.03 Å². The molecule has 0 radical (unpaired) electrons. The average molecular weight is 384 g/mol. The van der Waals surface area contributed by atoms with Gasteiger partial charge in [0.05, 0.1) is 19.8 Å². The van der Waals surface area contributed by atoms with Crippen molar-refractivity contribution < 1.29 is 23.5 Å². The third kappa shape index (κ3) is 4.14. The molecule has 0 unspecified atom stereocenters. The lowest BCUT2D eigenvalue weighted by Crippen LogP contribution is -2.30. The Morgan fingerprint density at radius 1 is 1.14 bits per heavy atom. The minimum absolute atomic E-state index is 0.0513. The lowest BCUT2D eigenvalue weighted by atomic mass is 10.1. The molecule has 146 valence electrons. The van der Waals surface area contributed by atoms with Crippen LogP contribution in [0.25, 0.3) is 6.08 Å². The fourth-order valence-corrected chi connectivity index (χ4v) is 2.81. The molecule has 6 nitrogen and oxygen atoms in total. The van der Waals surface area contributed by atoms with E-state index in [1.54, 1.807) is 24.3 Å². The van der Waals surface area contributed by atoms with Crippen LogP contribution in [0.5, 0.6) is 11.5 Å². The first kappa shape index (κ1) is 19.4. The Bertz CT molecular complexity index is 923. The molecule has 0 atom stereocenters. The molecule has 1 N–H and O–H groups in total. The summed E-state index contributed by atoms with van der Waals surface area (Å²) in [5.41, 5.74) is 1.39. The highest BCUT2D eigenvalue weighted by molar-refractivity contribution is 6.14. The van der Waals surface area contributed by atoms with E-state index in [0.29, 0.717) is 22.6 Å². The molecule has 3 amide bonds. The third-order valence-corrected chi connectivity index (χ3v) is 4.10. The highest BCUT2D eigenvalue weighted by Crippen LogP contribution is 2.34. The second kappa shape index (κ2) is 8.12. The molecule has 2 aromatic carbocycles. The summed E-state index contributed by atoms with van der Waals surface area (Å²) in [6.45, 7) is 3.82. The van der Waals surface area contributed by atoms with Crippen LogP contribution in [-0.4, -0.2) is 30.1 Å². The van der Waals surface area contributed by atoms with Gasteiger partial charge in [0.2, 0.25) is 0 Å². The molecule has 0 spiro atoms. The Hall–Kier alpha value is -3.35. The predicted octanol–water partition coefficient (Wildman–Crippen LogP) is 3.71. The van der Waals surface area contributed by atoms with Gasteiger partial charge in [-0.2, -0.15) is 0 Å². The van der Waals surface area contributed by atoms with Crippen LogP contribution in [0.15, 0.2) is 48.2 Å². The highest BCUT2D eigenvalue weighted by atomic mass is 19.1. The van der Waals surface area contributed by atoms with Crippen molar-refractivity contribution in [3.05, 3.63) is 65.1 Å². The second-order valence-corrected chi connectivity index (χ2v) is 6.55. The highest BCUT2D eigenvalue weighted by Gasteiger charge is 2.33. The minimum atomic E-state index is -0.533. The van der Waals surface area contributed by atoms with Crippen LogP contribution in [0.3, 0.4) is 0 Å². The van der Waals surface area contributed by atoms with E-state index in [0.717, 1.165) is 4.90 Å². The number of urea groups is 1. The zero-order valence-corrected chi connectivity index (χ0v) is 15.9. The molecule has 28 heavy (non-hydrogen) atoms. The first-order valence-electron chi connectivity index (χ1n) is 8.81. The number of methoxy groups -OCH3 is 1. The number of carbonyl (C=O) groups is 2. The average Bonchev–Trinajstić information content (AvgIpc) is 2.92. The fraction of sp³-hybridized carbons (Fsp3) is 0.238. The first-order chi connectivity index (χ1) is 13.4. The molecule has 1 fully saturated rings. The molecule has 0 bridgehead atoms. The largest absolute Gasteiger partial charge is 0.493 e. The third-order valence-electron chi connectivity index (χ3n) is 4.10. The Balaban J connectivity index is 1.88. The van der Waals surface area contributed by atoms with Crippen molar-refractivity contribution in [1.29, 1.82) is 0 Å². The number of hydrogen-bond acceptors (Lipinski definition) is 4. The lowest BCUT2D eigenvalue weighted by Gasteiger charge is -2.16. The van der Waals surface area contributed by atoms with Crippen molar-refractivity contribution in [2.75, 3.05) is 7.11 Å². The zero-order chi connectivity index (χ0) is 20.3. The number of rotatable bonds is 6. The van der Waals surface area contributed by atoms with Crippen molar-refractivity contribution >= 4 is 18.0 Å². The number of hydrogen-bond donors (Lipinski definition) is 1. The van der Waals surface area contributed by atoms with Gasteiger partial charge in [-0.3, -0.25) is 9.69 Å². The first-order valence-corrected chi connectivity index (χ1v) is 8.81. The van der Waals surface area contributed by atoms with Crippen molar-refractivity contribution in [2.45, 2.75) is 26.5 Å². The fourth-order valence-electron chi connectivity index (χ4n) is 2.81. The van der Waals surface area contributed by atoms with Gasteiger partial charge in [0.1, 0.15) is 11.5 Å². The quantitative estimate of drug-likeness (QED) is 0.609. The number of nitrogens with zero attached hydrogens (tertiary/aromatic N) is 1. The van der Waals surface area contributed by atoms with Crippen molar-refractivity contribution in [2.24, 2.45) is 0 Å². The van der Waals surface area contributed by atoms with Gasteiger partial charge in [-0.1, -0.05) is 24.3 Å². The topological polar surface area (TPSA) is 67.9 Å². The summed E-state index contributed by atoms with van der Waals surface area (Å²) in [7, 11) is 1.53. The van der Waals surface area contributed by atoms with Crippen LogP contribution in [-0.2, 0) is 11.3 Å². The summed E-state index contributed by atoms with van der Waals surface area (Å²) in [6, 6.07) is 10.4. The number of halogens is 1. The number of amides is 3. The van der Waals surface area contributed by atoms with Gasteiger partial charge in [-0.25, -0.2) is 9.18 Å². The molecule has 1 aliphatic heterocycles. The number of imide groups is 1. The summed E-state index contributed by atoms with van der Waals surface area (Å²) in [4.78, 5) is 26.0. The van der Waals surface area contributed by atoms with E-state index in [1.807, 2.05) is 13.8 Å². The van der Waals surface area contributed by atoms with Gasteiger partial charge < -0.3 is 14.8 Å². The van der Waals surface area contributed by atoms with E-state index < -0.39 is 11.9 Å². The number of benzene rings is 2. The monoisotopic (exact) mass is 384 g/mol. The molecule has 2 aromatic rings. The zero-order valence-electron chi connectivity index (χ0n) is 15.9. The van der Waals surface area contributed by atoms with E-state index in [9.17, 15) is 14.0 Å². The Morgan fingerprint density at radius 3 is 2.50 bits per heavy atom. The van der Waals surface area contributed by atoms with Gasteiger partial charge in [-0.15, -0.1) is 0 Å². The standard InChI is InChI=1S/C21H21FN2O4/c1-13(2)28-19-15(5-4-6-18(19)27-3)11-17-20(25)24(21(26)23-17)12-14-7-9-16(22)10-8-14/h4-11,13H,12H2,1-3H3,(H,23,26)/b17-11+. The molecule has 3 rings (SSSR count). The Labute approximate surface area is 162 Å². The normalized spacial score (nSPS) is 15.3. The van der Waals surface area contributed by atoms with Crippen molar-refractivity contribution in [3.8, 4) is 11.5 Å². The lowest BCUT2D eigenvalue weighted by molar-refractivity contribution is -0.123. The number of carbonyl (C=O) groups excluding carboxylic acids is 2. The van der Waals surface area contributed by atoms with Gasteiger partial charge in [-0.05, 0) is 43.7 Å². The van der Waals surface area contributed by atoms with Gasteiger partial charge in [0.15, 0.2) is 11.5 Å². The van der Waals surface area contributed by atoms with Crippen LogP contribution in [0, 0.1) is 5.82 Å². The van der Waals surface area contributed by atoms with E-state index >= 15 is 0 Å². The van der Waals surface area contributed by atoms with Gasteiger partial charge in [0, 0.05) is 5.56 Å². The van der Waals surface area contributed by atoms with E-state index in [-0.39, 0.29) is 24.2 Å². The summed E-state index contributed by atoms with van der Waals surface area (Å²) in [5, 5.41) is 2.58. The summed E-state index contributed by atoms with van der Waals surface area (Å²) in [6.07, 6.45) is 1.46. The maximum Gasteiger partial charge on any atom is 0.329 e. The maximum atomic E-state index is 13.1. The van der Waals surface area contributed by atoms with Crippen molar-refractivity contribution in [1.82, 2.24) is 10.2 Å². The molecule has 0 aromatic heterocycles. The second-order valence-electron chi connectivity index (χ2n) is 6.55. The van der Waals surface area contributed by atoms with Crippen LogP contribution >= 0.6 is 0 Å². The molecular weight excluding hydrogens is 363 g/mol. The molecule has 1 aliphatic rings. The molecule has 1 saturated heterocycles. The summed E-state index contributed by atoms with van der Waals surface area (Å²) >= 11 is 0. The maximum absolute atomic E-state index is 13.1. The SMILES string of the molecule is COc1cccc(/C=C2/NC(=O)N(Cc3ccc(F)cc3)C2=O)c1OC(C)C. The number of para-hydroxylation sites is 1. The number of ether oxygens (including phenoxy) is 2. The molecule has 1 heterocycles. The van der Waals surface area contributed by atoms with Crippen LogP contribution in [0.4, 0.5) is 9.18 Å². The van der Waals surface area contributed by atoms with Crippen LogP contribution in [0.1, 0.15) is 25.0 Å². The molecule has 0 aliphatic carbocycles. The predicted molar refractivity (Wildman–Crippen MR) is 102 cm³/mol. The molecule has 7 heteroatoms. The van der Waals surface area contributed by atoms with Crippen LogP contribution in [0.2, 0.25) is 0 Å². The smallest absolute Gasteiger partial charge is 0.329 e. The Morgan fingerprint density at radius 2 is 1.86 bits per heavy atom. The summed E-state index contributed by atoms with van der Waals surface area (Å²) in [5.74, 6) is 0.180. The number of nitrogens with one attached hydrogen (secondary N) is 1. The van der Waals surface area contributed by atoms with E-state index in [2.05, 4.69) is 5.32 Å². The molecule has 0 saturated carbocycles. The van der Waals surface area contributed by atoms with Gasteiger partial charge in [0.25, 0.3) is 5.91 Å². The minimum Gasteiger partial charge on any atom is -0.493 e. The van der Waals surface area contributed by atoms with Crippen molar-refractivity contribution in [3.63, 3.8) is 0 Å². The van der Waals surface area contributed by atoms with E-state index in [1.165, 1.54) is 31.4 Å². The van der Waals surface area contributed by atoms with Crippen LogP contribution < -0.4 is 14.8 Å².